The first-order valence-corrected chi connectivity index (χ1v) is 6.06. The number of rotatable bonds is 3. The Hall–Kier alpha value is -0.690. The van der Waals surface area contributed by atoms with Crippen molar-refractivity contribution < 1.29 is 4.74 Å². The van der Waals surface area contributed by atoms with Crippen molar-refractivity contribution in [2.75, 3.05) is 0 Å². The van der Waals surface area contributed by atoms with Crippen LogP contribution in [0.5, 0.6) is 5.75 Å². The van der Waals surface area contributed by atoms with Gasteiger partial charge in [-0.1, -0.05) is 18.5 Å². The molecule has 0 heterocycles. The van der Waals surface area contributed by atoms with Crippen LogP contribution in [0.4, 0.5) is 0 Å². The first-order chi connectivity index (χ1) is 7.24. The molecule has 0 radical (unpaired) electrons. The fourth-order valence-corrected chi connectivity index (χ4v) is 2.43. The van der Waals surface area contributed by atoms with Crippen molar-refractivity contribution in [3.05, 3.63) is 29.3 Å². The monoisotopic (exact) mass is 224 g/mol. The molecule has 1 aromatic carbocycles. The van der Waals surface area contributed by atoms with Gasteiger partial charge in [0.15, 0.2) is 0 Å². The molecule has 1 fully saturated rings. The number of benzene rings is 1. The Morgan fingerprint density at radius 1 is 1.20 bits per heavy atom. The summed E-state index contributed by atoms with van der Waals surface area (Å²) in [6, 6.07) is 7.68. The molecule has 0 N–H and O–H groups in total. The minimum atomic E-state index is 0.0911. The molecule has 2 heteroatoms. The highest BCUT2D eigenvalue weighted by Gasteiger charge is 2.33. The van der Waals surface area contributed by atoms with E-state index in [4.69, 9.17) is 16.3 Å². The standard InChI is InChI=1S/C13H17ClO/c1-2-13(9-3-4-10-13)15-12-7-5-11(14)6-8-12/h5-8H,2-4,9-10H2,1H3. The molecule has 0 spiro atoms. The Bertz CT molecular complexity index is 312. The Morgan fingerprint density at radius 2 is 1.80 bits per heavy atom. The van der Waals surface area contributed by atoms with Gasteiger partial charge in [0.1, 0.15) is 11.4 Å². The summed E-state index contributed by atoms with van der Waals surface area (Å²) < 4.78 is 6.11. The van der Waals surface area contributed by atoms with Crippen molar-refractivity contribution in [1.82, 2.24) is 0 Å². The van der Waals surface area contributed by atoms with E-state index in [2.05, 4.69) is 6.92 Å². The molecule has 1 aromatic rings. The second-order valence-electron chi connectivity index (χ2n) is 4.30. The molecule has 0 amide bonds. The summed E-state index contributed by atoms with van der Waals surface area (Å²) in [4.78, 5) is 0. The molecule has 0 bridgehead atoms. The van der Waals surface area contributed by atoms with Crippen LogP contribution >= 0.6 is 11.6 Å². The highest BCUT2D eigenvalue weighted by Crippen LogP contribution is 2.37. The molecule has 1 nitrogen and oxygen atoms in total. The normalized spacial score (nSPS) is 19.1. The topological polar surface area (TPSA) is 9.23 Å². The highest BCUT2D eigenvalue weighted by atomic mass is 35.5. The van der Waals surface area contributed by atoms with Crippen LogP contribution in [0.25, 0.3) is 0 Å². The van der Waals surface area contributed by atoms with Gasteiger partial charge in [-0.25, -0.2) is 0 Å². The summed E-state index contributed by atoms with van der Waals surface area (Å²) in [6.45, 7) is 2.21. The lowest BCUT2D eigenvalue weighted by molar-refractivity contribution is 0.0721. The quantitative estimate of drug-likeness (QED) is 0.738. The van der Waals surface area contributed by atoms with E-state index in [9.17, 15) is 0 Å². The molecule has 0 aliphatic heterocycles. The Labute approximate surface area is 96.4 Å². The summed E-state index contributed by atoms with van der Waals surface area (Å²) in [5.41, 5.74) is 0.0911. The number of halogens is 1. The average Bonchev–Trinajstić information content (AvgIpc) is 2.71. The van der Waals surface area contributed by atoms with Crippen LogP contribution in [0, 0.1) is 0 Å². The fourth-order valence-electron chi connectivity index (χ4n) is 2.30. The second kappa shape index (κ2) is 4.44. The van der Waals surface area contributed by atoms with Crippen LogP contribution in [0.2, 0.25) is 5.02 Å². The first kappa shape index (κ1) is 10.8. The van der Waals surface area contributed by atoms with Gasteiger partial charge < -0.3 is 4.74 Å². The zero-order valence-corrected chi connectivity index (χ0v) is 9.89. The van der Waals surface area contributed by atoms with Gasteiger partial charge >= 0.3 is 0 Å². The van der Waals surface area contributed by atoms with Crippen LogP contribution in [-0.4, -0.2) is 5.60 Å². The minimum Gasteiger partial charge on any atom is -0.487 e. The maximum absolute atomic E-state index is 6.11. The Balaban J connectivity index is 2.09. The van der Waals surface area contributed by atoms with Crippen LogP contribution in [0.1, 0.15) is 39.0 Å². The van der Waals surface area contributed by atoms with E-state index in [0.717, 1.165) is 17.2 Å². The summed E-state index contributed by atoms with van der Waals surface area (Å²) in [7, 11) is 0. The van der Waals surface area contributed by atoms with Gasteiger partial charge in [0.2, 0.25) is 0 Å². The largest absolute Gasteiger partial charge is 0.487 e. The molecule has 15 heavy (non-hydrogen) atoms. The smallest absolute Gasteiger partial charge is 0.120 e. The lowest BCUT2D eigenvalue weighted by Gasteiger charge is -2.29. The summed E-state index contributed by atoms with van der Waals surface area (Å²) in [6.07, 6.45) is 6.05. The summed E-state index contributed by atoms with van der Waals surface area (Å²) >= 11 is 5.84. The Morgan fingerprint density at radius 3 is 2.33 bits per heavy atom. The number of ether oxygens (including phenoxy) is 1. The van der Waals surface area contributed by atoms with Crippen LogP contribution < -0.4 is 4.74 Å². The van der Waals surface area contributed by atoms with E-state index in [-0.39, 0.29) is 5.60 Å². The van der Waals surface area contributed by atoms with Gasteiger partial charge in [-0.3, -0.25) is 0 Å². The number of hydrogen-bond donors (Lipinski definition) is 0. The first-order valence-electron chi connectivity index (χ1n) is 5.69. The molecule has 1 saturated carbocycles. The lowest BCUT2D eigenvalue weighted by Crippen LogP contribution is -2.31. The molecule has 0 aromatic heterocycles. The van der Waals surface area contributed by atoms with Gasteiger partial charge in [0, 0.05) is 5.02 Å². The van der Waals surface area contributed by atoms with Crippen LogP contribution in [0.15, 0.2) is 24.3 Å². The van der Waals surface area contributed by atoms with Gasteiger partial charge in [0.25, 0.3) is 0 Å². The van der Waals surface area contributed by atoms with E-state index < -0.39 is 0 Å². The summed E-state index contributed by atoms with van der Waals surface area (Å²) in [5.74, 6) is 0.947. The lowest BCUT2D eigenvalue weighted by atomic mass is 9.99. The van der Waals surface area contributed by atoms with Crippen molar-refractivity contribution in [2.45, 2.75) is 44.6 Å². The molecule has 0 unspecified atom stereocenters. The molecule has 2 rings (SSSR count). The maximum atomic E-state index is 6.11. The third-order valence-electron chi connectivity index (χ3n) is 3.31. The van der Waals surface area contributed by atoms with Crippen molar-refractivity contribution >= 4 is 11.6 Å². The fraction of sp³-hybridized carbons (Fsp3) is 0.538. The SMILES string of the molecule is CCC1(Oc2ccc(Cl)cc2)CCCC1. The zero-order valence-electron chi connectivity index (χ0n) is 9.13. The molecule has 0 atom stereocenters. The predicted octanol–water partition coefficient (Wildman–Crippen LogP) is 4.44. The van der Waals surface area contributed by atoms with Crippen molar-refractivity contribution in [1.29, 1.82) is 0 Å². The average molecular weight is 225 g/mol. The molecule has 82 valence electrons. The third-order valence-corrected chi connectivity index (χ3v) is 3.56. The Kier molecular flexibility index (Phi) is 3.20. The van der Waals surface area contributed by atoms with Crippen LogP contribution in [-0.2, 0) is 0 Å². The van der Waals surface area contributed by atoms with Crippen molar-refractivity contribution in [3.8, 4) is 5.75 Å². The van der Waals surface area contributed by atoms with Gasteiger partial charge in [-0.2, -0.15) is 0 Å². The highest BCUT2D eigenvalue weighted by molar-refractivity contribution is 6.30. The molecule has 1 aliphatic rings. The molecule has 1 aliphatic carbocycles. The van der Waals surface area contributed by atoms with Crippen molar-refractivity contribution in [2.24, 2.45) is 0 Å². The summed E-state index contributed by atoms with van der Waals surface area (Å²) in [5, 5.41) is 0.763. The van der Waals surface area contributed by atoms with Gasteiger partial charge in [0.05, 0.1) is 0 Å². The third kappa shape index (κ3) is 2.46. The van der Waals surface area contributed by atoms with Gasteiger partial charge in [-0.15, -0.1) is 0 Å². The second-order valence-corrected chi connectivity index (χ2v) is 4.74. The molecular formula is C13H17ClO. The van der Waals surface area contributed by atoms with E-state index in [0.29, 0.717) is 0 Å². The predicted molar refractivity (Wildman–Crippen MR) is 63.6 cm³/mol. The minimum absolute atomic E-state index is 0.0911. The van der Waals surface area contributed by atoms with E-state index in [1.54, 1.807) is 0 Å². The zero-order chi connectivity index (χ0) is 10.7. The molecule has 0 saturated heterocycles. The van der Waals surface area contributed by atoms with Crippen LogP contribution in [0.3, 0.4) is 0 Å². The maximum Gasteiger partial charge on any atom is 0.120 e. The van der Waals surface area contributed by atoms with Crippen molar-refractivity contribution in [3.63, 3.8) is 0 Å². The van der Waals surface area contributed by atoms with E-state index >= 15 is 0 Å². The van der Waals surface area contributed by atoms with E-state index in [1.165, 1.54) is 25.7 Å². The molecular weight excluding hydrogens is 208 g/mol. The van der Waals surface area contributed by atoms with Gasteiger partial charge in [-0.05, 0) is 56.4 Å². The number of hydrogen-bond acceptors (Lipinski definition) is 1. The van der Waals surface area contributed by atoms with E-state index in [1.807, 2.05) is 24.3 Å².